The number of aromatic nitrogens is 6. The number of fused-ring (bicyclic) bond motifs is 2. The van der Waals surface area contributed by atoms with Gasteiger partial charge in [-0.1, -0.05) is 34.9 Å². The van der Waals surface area contributed by atoms with Crippen LogP contribution in [0.25, 0.3) is 11.3 Å². The molecule has 5 rings (SSSR count). The second-order valence-corrected chi connectivity index (χ2v) is 6.82. The number of hydrogen-bond donors (Lipinski definition) is 2. The minimum atomic E-state index is -0.531. The van der Waals surface area contributed by atoms with Gasteiger partial charge in [0.05, 0.1) is 12.8 Å². The molecule has 2 N–H and O–H groups in total. The molecule has 0 bridgehead atoms. The van der Waals surface area contributed by atoms with E-state index in [0.717, 1.165) is 16.9 Å². The van der Waals surface area contributed by atoms with Crippen molar-refractivity contribution in [3.8, 4) is 17.0 Å². The Kier molecular flexibility index (Phi) is 4.02. The maximum atomic E-state index is 12.6. The average Bonchev–Trinajstić information content (AvgIpc) is 3.22. The van der Waals surface area contributed by atoms with E-state index in [1.807, 2.05) is 42.5 Å². The van der Waals surface area contributed by atoms with Gasteiger partial charge in [-0.3, -0.25) is 4.79 Å². The molecule has 29 heavy (non-hydrogen) atoms. The quantitative estimate of drug-likeness (QED) is 0.473. The Morgan fingerprint density at radius 3 is 2.69 bits per heavy atom. The molecule has 9 nitrogen and oxygen atoms in total. The molecule has 4 aromatic rings. The highest BCUT2D eigenvalue weighted by molar-refractivity contribution is 6.31. The fourth-order valence-corrected chi connectivity index (χ4v) is 3.73. The minimum Gasteiger partial charge on any atom is -0.497 e. The molecule has 0 amide bonds. The third-order valence-corrected chi connectivity index (χ3v) is 5.18. The van der Waals surface area contributed by atoms with Crippen LogP contribution >= 0.6 is 11.6 Å². The van der Waals surface area contributed by atoms with Crippen molar-refractivity contribution >= 4 is 23.2 Å². The Bertz CT molecular complexity index is 1270. The van der Waals surface area contributed by atoms with E-state index in [2.05, 4.69) is 31.0 Å². The molecule has 1 aliphatic heterocycles. The molecular weight excluding hydrogens is 394 g/mol. The van der Waals surface area contributed by atoms with Gasteiger partial charge in [0.15, 0.2) is 0 Å². The summed E-state index contributed by atoms with van der Waals surface area (Å²) < 4.78 is 6.84. The van der Waals surface area contributed by atoms with E-state index in [9.17, 15) is 4.79 Å². The highest BCUT2D eigenvalue weighted by Crippen LogP contribution is 2.42. The molecule has 0 saturated heterocycles. The van der Waals surface area contributed by atoms with Crippen LogP contribution in [0.15, 0.2) is 53.3 Å². The highest BCUT2D eigenvalue weighted by atomic mass is 35.5. The van der Waals surface area contributed by atoms with Crippen LogP contribution in [-0.2, 0) is 0 Å². The Labute approximate surface area is 169 Å². The molecule has 0 radical (unpaired) electrons. The fourth-order valence-electron chi connectivity index (χ4n) is 3.49. The van der Waals surface area contributed by atoms with Crippen molar-refractivity contribution in [2.75, 3.05) is 12.4 Å². The van der Waals surface area contributed by atoms with Crippen LogP contribution in [0.3, 0.4) is 0 Å². The number of anilines is 2. The Hall–Kier alpha value is -3.72. The number of ether oxygens (including phenoxy) is 1. The Morgan fingerprint density at radius 2 is 1.93 bits per heavy atom. The molecule has 10 heteroatoms. The van der Waals surface area contributed by atoms with Gasteiger partial charge in [0, 0.05) is 21.7 Å². The van der Waals surface area contributed by atoms with Crippen LogP contribution in [0.4, 0.5) is 11.6 Å². The molecule has 0 spiro atoms. The van der Waals surface area contributed by atoms with Gasteiger partial charge in [0.1, 0.15) is 17.5 Å². The molecule has 3 heterocycles. The van der Waals surface area contributed by atoms with E-state index in [0.29, 0.717) is 27.9 Å². The number of H-pyrrole nitrogens is 1. The largest absolute Gasteiger partial charge is 0.497 e. The molecule has 0 unspecified atom stereocenters. The third kappa shape index (κ3) is 2.74. The second kappa shape index (κ2) is 6.71. The summed E-state index contributed by atoms with van der Waals surface area (Å²) in [6, 6.07) is 14.3. The second-order valence-electron chi connectivity index (χ2n) is 6.41. The van der Waals surface area contributed by atoms with Crippen LogP contribution in [0.5, 0.6) is 5.75 Å². The number of benzene rings is 2. The summed E-state index contributed by atoms with van der Waals surface area (Å²) in [4.78, 5) is 12.6. The number of halogens is 1. The third-order valence-electron chi connectivity index (χ3n) is 4.83. The zero-order valence-corrected chi connectivity index (χ0v) is 15.9. The maximum Gasteiger partial charge on any atom is 0.288 e. The lowest BCUT2D eigenvalue weighted by molar-refractivity contribution is 0.415. The molecule has 1 atom stereocenters. The molecular formula is C19H14ClN7O2. The van der Waals surface area contributed by atoms with E-state index in [1.54, 1.807) is 17.9 Å². The van der Waals surface area contributed by atoms with Crippen molar-refractivity contribution in [1.29, 1.82) is 0 Å². The van der Waals surface area contributed by atoms with Crippen molar-refractivity contribution in [1.82, 2.24) is 30.4 Å². The van der Waals surface area contributed by atoms with Gasteiger partial charge in [-0.05, 0) is 40.8 Å². The van der Waals surface area contributed by atoms with Gasteiger partial charge >= 0.3 is 0 Å². The molecule has 1 aliphatic rings. The summed E-state index contributed by atoms with van der Waals surface area (Å²) in [7, 11) is 1.60. The van der Waals surface area contributed by atoms with Crippen molar-refractivity contribution in [3.05, 3.63) is 75.0 Å². The van der Waals surface area contributed by atoms with E-state index < -0.39 is 6.04 Å². The first kappa shape index (κ1) is 17.4. The number of nitrogens with zero attached hydrogens (tertiary/aromatic N) is 5. The van der Waals surface area contributed by atoms with Crippen LogP contribution in [0.1, 0.15) is 17.2 Å². The molecule has 0 fully saturated rings. The molecule has 2 aromatic heterocycles. The van der Waals surface area contributed by atoms with E-state index in [-0.39, 0.29) is 5.56 Å². The Morgan fingerprint density at radius 1 is 1.14 bits per heavy atom. The van der Waals surface area contributed by atoms with Crippen LogP contribution in [-0.4, -0.2) is 37.5 Å². The Balaban J connectivity index is 1.81. The first-order chi connectivity index (χ1) is 14.2. The molecule has 0 aliphatic carbocycles. The van der Waals surface area contributed by atoms with E-state index in [1.165, 1.54) is 0 Å². The number of nitrogens with one attached hydrogen (secondary N) is 2. The van der Waals surface area contributed by atoms with Crippen molar-refractivity contribution < 1.29 is 4.74 Å². The van der Waals surface area contributed by atoms with Crippen molar-refractivity contribution in [3.63, 3.8) is 0 Å². The van der Waals surface area contributed by atoms with Crippen molar-refractivity contribution in [2.45, 2.75) is 6.04 Å². The SMILES string of the molecule is COc1ccc(-c2n[nH]c(=O)c3c2[C@H](c2ccccc2Cl)n2nnnc2N3)cc1. The normalized spacial score (nSPS) is 14.6. The molecule has 144 valence electrons. The van der Waals surface area contributed by atoms with E-state index in [4.69, 9.17) is 16.3 Å². The number of rotatable bonds is 3. The molecule has 0 saturated carbocycles. The number of methoxy groups -OCH3 is 1. The summed E-state index contributed by atoms with van der Waals surface area (Å²) in [5, 5.41) is 22.3. The number of aromatic amines is 1. The summed E-state index contributed by atoms with van der Waals surface area (Å²) in [5.74, 6) is 1.07. The lowest BCUT2D eigenvalue weighted by Gasteiger charge is -2.28. The summed E-state index contributed by atoms with van der Waals surface area (Å²) in [5.41, 5.74) is 2.73. The van der Waals surface area contributed by atoms with Gasteiger partial charge in [-0.15, -0.1) is 0 Å². The first-order valence-electron chi connectivity index (χ1n) is 8.73. The zero-order chi connectivity index (χ0) is 20.0. The summed E-state index contributed by atoms with van der Waals surface area (Å²) >= 11 is 6.51. The van der Waals surface area contributed by atoms with Gasteiger partial charge in [-0.2, -0.15) is 9.78 Å². The topological polar surface area (TPSA) is 111 Å². The maximum absolute atomic E-state index is 12.6. The zero-order valence-electron chi connectivity index (χ0n) is 15.1. The predicted octanol–water partition coefficient (Wildman–Crippen LogP) is 2.78. The monoisotopic (exact) mass is 407 g/mol. The van der Waals surface area contributed by atoms with Crippen LogP contribution in [0.2, 0.25) is 5.02 Å². The minimum absolute atomic E-state index is 0.332. The number of hydrogen-bond acceptors (Lipinski definition) is 7. The standard InChI is InChI=1S/C19H14ClN7O2/c1-29-11-8-6-10(7-9-11)15-14-16(18(28)23-22-15)21-19-24-25-26-27(19)17(14)12-4-2-3-5-13(12)20/h2-9,17H,1H3,(H,23,28)(H,21,24,26)/t17-/m0/s1. The van der Waals surface area contributed by atoms with Crippen molar-refractivity contribution in [2.24, 2.45) is 0 Å². The lowest BCUT2D eigenvalue weighted by Crippen LogP contribution is -2.29. The highest BCUT2D eigenvalue weighted by Gasteiger charge is 2.35. The van der Waals surface area contributed by atoms with Crippen LogP contribution in [0, 0.1) is 0 Å². The number of tetrazole rings is 1. The first-order valence-corrected chi connectivity index (χ1v) is 9.11. The van der Waals surface area contributed by atoms with Gasteiger partial charge in [0.25, 0.3) is 5.56 Å². The predicted molar refractivity (Wildman–Crippen MR) is 107 cm³/mol. The van der Waals surface area contributed by atoms with Crippen LogP contribution < -0.4 is 15.6 Å². The van der Waals surface area contributed by atoms with Gasteiger partial charge < -0.3 is 10.1 Å². The van der Waals surface area contributed by atoms with Gasteiger partial charge in [0.2, 0.25) is 5.95 Å². The summed E-state index contributed by atoms with van der Waals surface area (Å²) in [6.07, 6.45) is 0. The fraction of sp³-hybridized carbons (Fsp3) is 0.105. The average molecular weight is 408 g/mol. The summed E-state index contributed by atoms with van der Waals surface area (Å²) in [6.45, 7) is 0. The molecule has 2 aromatic carbocycles. The van der Waals surface area contributed by atoms with E-state index >= 15 is 0 Å². The van der Waals surface area contributed by atoms with Gasteiger partial charge in [-0.25, -0.2) is 5.10 Å². The smallest absolute Gasteiger partial charge is 0.288 e. The lowest BCUT2D eigenvalue weighted by atomic mass is 9.92.